The minimum absolute atomic E-state index is 0.00333. The molecule has 0 radical (unpaired) electrons. The first-order valence-corrected chi connectivity index (χ1v) is 7.75. The van der Waals surface area contributed by atoms with Gasteiger partial charge >= 0.3 is 6.18 Å². The molecule has 0 bridgehead atoms. The summed E-state index contributed by atoms with van der Waals surface area (Å²) < 4.78 is 40.2. The number of nitrogens with zero attached hydrogens (tertiary/aromatic N) is 1. The summed E-state index contributed by atoms with van der Waals surface area (Å²) in [4.78, 5) is 14.2. The lowest BCUT2D eigenvalue weighted by molar-refractivity contribution is -0.138. The number of hydrogen-bond acceptors (Lipinski definition) is 1. The molecule has 0 unspecified atom stereocenters. The third-order valence-electron chi connectivity index (χ3n) is 4.83. The van der Waals surface area contributed by atoms with Gasteiger partial charge in [0, 0.05) is 12.6 Å². The molecule has 2 nitrogen and oxygen atoms in total. The predicted octanol–water partition coefficient (Wildman–Crippen LogP) is 4.58. The van der Waals surface area contributed by atoms with Crippen molar-refractivity contribution in [2.45, 2.75) is 58.3 Å². The molecule has 1 fully saturated rings. The standard InChI is InChI=1S/C17H20F3NO/c1-9(2)12-6-13-8-21(10(3)11-4-5-11)16(22)15(13)14(7-12)17(18,19)20/h6-7,9-11H,4-5,8H2,1-3H3/t10-/m0/s1. The van der Waals surface area contributed by atoms with Crippen molar-refractivity contribution in [3.8, 4) is 0 Å². The van der Waals surface area contributed by atoms with Crippen molar-refractivity contribution >= 4 is 5.91 Å². The molecule has 1 atom stereocenters. The summed E-state index contributed by atoms with van der Waals surface area (Å²) in [7, 11) is 0. The van der Waals surface area contributed by atoms with E-state index in [1.807, 2.05) is 20.8 Å². The molecule has 1 aromatic rings. The molecule has 0 saturated heterocycles. The van der Waals surface area contributed by atoms with Crippen LogP contribution in [0, 0.1) is 5.92 Å². The third-order valence-corrected chi connectivity index (χ3v) is 4.83. The number of amides is 1. The highest BCUT2D eigenvalue weighted by molar-refractivity contribution is 6.00. The maximum absolute atomic E-state index is 13.4. The van der Waals surface area contributed by atoms with Crippen molar-refractivity contribution in [3.63, 3.8) is 0 Å². The molecule has 1 aliphatic heterocycles. The molecule has 1 saturated carbocycles. The van der Waals surface area contributed by atoms with E-state index < -0.39 is 17.6 Å². The second-order valence-corrected chi connectivity index (χ2v) is 6.77. The Labute approximate surface area is 128 Å². The molecule has 120 valence electrons. The van der Waals surface area contributed by atoms with E-state index in [2.05, 4.69) is 0 Å². The van der Waals surface area contributed by atoms with Gasteiger partial charge < -0.3 is 4.90 Å². The fraction of sp³-hybridized carbons (Fsp3) is 0.588. The number of alkyl halides is 3. The SMILES string of the molecule is CC(C)c1cc2c(c(C(F)(F)F)c1)C(=O)N([C@@H](C)C1CC1)C2. The van der Waals surface area contributed by atoms with Crippen LogP contribution in [0.3, 0.4) is 0 Å². The van der Waals surface area contributed by atoms with Crippen LogP contribution in [-0.4, -0.2) is 16.8 Å². The van der Waals surface area contributed by atoms with E-state index in [1.54, 1.807) is 11.0 Å². The largest absolute Gasteiger partial charge is 0.417 e. The molecule has 2 aliphatic rings. The van der Waals surface area contributed by atoms with E-state index in [-0.39, 0.29) is 17.5 Å². The Kier molecular flexibility index (Phi) is 3.49. The highest BCUT2D eigenvalue weighted by atomic mass is 19.4. The minimum atomic E-state index is -4.50. The topological polar surface area (TPSA) is 20.3 Å². The molecular formula is C17H20F3NO. The highest BCUT2D eigenvalue weighted by Crippen LogP contribution is 2.42. The van der Waals surface area contributed by atoms with Crippen molar-refractivity contribution in [1.29, 1.82) is 0 Å². The molecule has 0 spiro atoms. The van der Waals surface area contributed by atoms with Gasteiger partial charge in [-0.05, 0) is 48.8 Å². The monoisotopic (exact) mass is 311 g/mol. The number of fused-ring (bicyclic) bond motifs is 1. The van der Waals surface area contributed by atoms with Crippen LogP contribution in [0.5, 0.6) is 0 Å². The van der Waals surface area contributed by atoms with Crippen LogP contribution in [0.1, 0.15) is 66.6 Å². The first kappa shape index (κ1) is 15.4. The van der Waals surface area contributed by atoms with Gasteiger partial charge in [0.15, 0.2) is 0 Å². The van der Waals surface area contributed by atoms with Crippen LogP contribution in [0.2, 0.25) is 0 Å². The van der Waals surface area contributed by atoms with E-state index in [4.69, 9.17) is 0 Å². The van der Waals surface area contributed by atoms with Crippen LogP contribution in [-0.2, 0) is 12.7 Å². The summed E-state index contributed by atoms with van der Waals surface area (Å²) >= 11 is 0. The molecule has 22 heavy (non-hydrogen) atoms. The van der Waals surface area contributed by atoms with Crippen LogP contribution in [0.15, 0.2) is 12.1 Å². The van der Waals surface area contributed by atoms with Crippen molar-refractivity contribution in [3.05, 3.63) is 34.4 Å². The van der Waals surface area contributed by atoms with Crippen molar-refractivity contribution in [2.75, 3.05) is 0 Å². The quantitative estimate of drug-likeness (QED) is 0.800. The second-order valence-electron chi connectivity index (χ2n) is 6.77. The van der Waals surface area contributed by atoms with E-state index >= 15 is 0 Å². The summed E-state index contributed by atoms with van der Waals surface area (Å²) in [6, 6.07) is 2.93. The predicted molar refractivity (Wildman–Crippen MR) is 77.6 cm³/mol. The minimum Gasteiger partial charge on any atom is -0.331 e. The van der Waals surface area contributed by atoms with Gasteiger partial charge in [0.1, 0.15) is 0 Å². The van der Waals surface area contributed by atoms with Gasteiger partial charge in [-0.15, -0.1) is 0 Å². The van der Waals surface area contributed by atoms with Gasteiger partial charge in [-0.2, -0.15) is 13.2 Å². The van der Waals surface area contributed by atoms with Gasteiger partial charge in [-0.3, -0.25) is 4.79 Å². The van der Waals surface area contributed by atoms with Crippen LogP contribution >= 0.6 is 0 Å². The molecule has 1 heterocycles. The number of benzene rings is 1. The lowest BCUT2D eigenvalue weighted by Crippen LogP contribution is -2.35. The second kappa shape index (κ2) is 5.00. The maximum Gasteiger partial charge on any atom is 0.417 e. The number of rotatable bonds is 3. The summed E-state index contributed by atoms with van der Waals surface area (Å²) in [6.45, 7) is 5.97. The van der Waals surface area contributed by atoms with Crippen LogP contribution < -0.4 is 0 Å². The maximum atomic E-state index is 13.4. The first-order valence-electron chi connectivity index (χ1n) is 7.75. The Hall–Kier alpha value is -1.52. The molecule has 0 N–H and O–H groups in total. The summed E-state index contributed by atoms with van der Waals surface area (Å²) in [5.74, 6) is -0.0226. The molecule has 1 aromatic carbocycles. The smallest absolute Gasteiger partial charge is 0.331 e. The molecule has 0 aromatic heterocycles. The zero-order valence-corrected chi connectivity index (χ0v) is 13.0. The Morgan fingerprint density at radius 2 is 1.82 bits per heavy atom. The number of carbonyl (C=O) groups is 1. The normalized spacial score (nSPS) is 19.8. The zero-order valence-electron chi connectivity index (χ0n) is 13.0. The molecular weight excluding hydrogens is 291 g/mol. The zero-order chi connectivity index (χ0) is 16.2. The molecule has 3 rings (SSSR count). The molecule has 1 aliphatic carbocycles. The van der Waals surface area contributed by atoms with E-state index in [9.17, 15) is 18.0 Å². The van der Waals surface area contributed by atoms with E-state index in [0.717, 1.165) is 18.9 Å². The fourth-order valence-corrected chi connectivity index (χ4v) is 3.22. The van der Waals surface area contributed by atoms with Gasteiger partial charge in [-0.1, -0.05) is 19.9 Å². The molecule has 5 heteroatoms. The van der Waals surface area contributed by atoms with Gasteiger partial charge in [-0.25, -0.2) is 0 Å². The fourth-order valence-electron chi connectivity index (χ4n) is 3.22. The Morgan fingerprint density at radius 3 is 2.32 bits per heavy atom. The number of carbonyl (C=O) groups excluding carboxylic acids is 1. The Bertz CT molecular complexity index is 617. The van der Waals surface area contributed by atoms with Crippen LogP contribution in [0.4, 0.5) is 13.2 Å². The van der Waals surface area contributed by atoms with Crippen molar-refractivity contribution in [2.24, 2.45) is 5.92 Å². The number of halogens is 3. The summed E-state index contributed by atoms with van der Waals surface area (Å²) in [6.07, 6.45) is -2.38. The highest BCUT2D eigenvalue weighted by Gasteiger charge is 2.44. The van der Waals surface area contributed by atoms with Crippen LogP contribution in [0.25, 0.3) is 0 Å². The average Bonchev–Trinajstić information content (AvgIpc) is 3.21. The number of hydrogen-bond donors (Lipinski definition) is 0. The Balaban J connectivity index is 2.07. The first-order chi connectivity index (χ1) is 10.2. The van der Waals surface area contributed by atoms with Gasteiger partial charge in [0.05, 0.1) is 11.1 Å². The lowest BCUT2D eigenvalue weighted by Gasteiger charge is -2.24. The van der Waals surface area contributed by atoms with Crippen molar-refractivity contribution < 1.29 is 18.0 Å². The third kappa shape index (κ3) is 2.50. The summed E-state index contributed by atoms with van der Waals surface area (Å²) in [5.41, 5.74) is 0.254. The lowest BCUT2D eigenvalue weighted by atomic mass is 9.93. The van der Waals surface area contributed by atoms with E-state index in [1.165, 1.54) is 0 Å². The van der Waals surface area contributed by atoms with Crippen molar-refractivity contribution in [1.82, 2.24) is 4.90 Å². The average molecular weight is 311 g/mol. The van der Waals surface area contributed by atoms with Gasteiger partial charge in [0.25, 0.3) is 5.91 Å². The molecule has 1 amide bonds. The summed E-state index contributed by atoms with van der Waals surface area (Å²) in [5, 5.41) is 0. The van der Waals surface area contributed by atoms with E-state index in [0.29, 0.717) is 23.6 Å². The Morgan fingerprint density at radius 1 is 1.18 bits per heavy atom. The van der Waals surface area contributed by atoms with Gasteiger partial charge in [0.2, 0.25) is 0 Å².